The van der Waals surface area contributed by atoms with Gasteiger partial charge < -0.3 is 0 Å². The van der Waals surface area contributed by atoms with Gasteiger partial charge in [0.25, 0.3) is 0 Å². The summed E-state index contributed by atoms with van der Waals surface area (Å²) in [6.07, 6.45) is 2.63. The molecule has 0 aliphatic rings. The molecule has 0 saturated heterocycles. The minimum Gasteiger partial charge on any atom is -0.271 e. The van der Waals surface area contributed by atoms with E-state index in [-0.39, 0.29) is 11.9 Å². The number of rotatable bonds is 6. The summed E-state index contributed by atoms with van der Waals surface area (Å²) in [6.45, 7) is 2.12. The first-order valence-corrected chi connectivity index (χ1v) is 6.94. The van der Waals surface area contributed by atoms with E-state index in [4.69, 9.17) is 5.84 Å². The topological polar surface area (TPSA) is 38.0 Å². The molecule has 2 nitrogen and oxygen atoms in total. The summed E-state index contributed by atoms with van der Waals surface area (Å²) in [6, 6.07) is 15.2. The molecule has 0 aromatic heterocycles. The number of benzene rings is 2. The maximum Gasteiger partial charge on any atom is 0.123 e. The van der Waals surface area contributed by atoms with E-state index in [0.29, 0.717) is 0 Å². The summed E-state index contributed by atoms with van der Waals surface area (Å²) in [5.74, 6) is 5.42. The molecule has 0 saturated carbocycles. The molecule has 2 aromatic carbocycles. The summed E-state index contributed by atoms with van der Waals surface area (Å²) in [4.78, 5) is 0. The third kappa shape index (κ3) is 4.15. The van der Waals surface area contributed by atoms with Crippen molar-refractivity contribution in [1.82, 2.24) is 5.43 Å². The second-order valence-corrected chi connectivity index (χ2v) is 5.16. The fourth-order valence-electron chi connectivity index (χ4n) is 2.41. The fourth-order valence-corrected chi connectivity index (χ4v) is 2.41. The highest BCUT2D eigenvalue weighted by Crippen LogP contribution is 2.13. The highest BCUT2D eigenvalue weighted by atomic mass is 19.1. The first kappa shape index (κ1) is 14.7. The van der Waals surface area contributed by atoms with Crippen molar-refractivity contribution in [3.63, 3.8) is 0 Å². The van der Waals surface area contributed by atoms with E-state index in [1.165, 1.54) is 17.2 Å². The maximum atomic E-state index is 13.2. The van der Waals surface area contributed by atoms with Gasteiger partial charge in [0, 0.05) is 6.04 Å². The zero-order valence-electron chi connectivity index (χ0n) is 11.8. The van der Waals surface area contributed by atoms with Crippen LogP contribution in [0.15, 0.2) is 48.5 Å². The Bertz CT molecular complexity index is 554. The van der Waals surface area contributed by atoms with E-state index in [0.717, 1.165) is 24.8 Å². The molecule has 3 heteroatoms. The van der Waals surface area contributed by atoms with Crippen molar-refractivity contribution in [2.24, 2.45) is 5.84 Å². The first-order chi connectivity index (χ1) is 9.69. The molecule has 0 bridgehead atoms. The van der Waals surface area contributed by atoms with Gasteiger partial charge >= 0.3 is 0 Å². The molecule has 0 heterocycles. The predicted octanol–water partition coefficient (Wildman–Crippen LogP) is 3.14. The van der Waals surface area contributed by atoms with Gasteiger partial charge in [0.2, 0.25) is 0 Å². The van der Waals surface area contributed by atoms with Crippen LogP contribution in [0.25, 0.3) is 0 Å². The third-order valence-electron chi connectivity index (χ3n) is 3.63. The van der Waals surface area contributed by atoms with Gasteiger partial charge in [-0.3, -0.25) is 11.3 Å². The summed E-state index contributed by atoms with van der Waals surface area (Å²) >= 11 is 0. The largest absolute Gasteiger partial charge is 0.271 e. The van der Waals surface area contributed by atoms with Crippen molar-refractivity contribution < 1.29 is 4.39 Å². The van der Waals surface area contributed by atoms with Gasteiger partial charge in [0.15, 0.2) is 0 Å². The van der Waals surface area contributed by atoms with E-state index in [9.17, 15) is 4.39 Å². The van der Waals surface area contributed by atoms with Crippen LogP contribution in [0.1, 0.15) is 23.1 Å². The molecule has 0 aliphatic heterocycles. The normalized spacial score (nSPS) is 12.3. The molecule has 2 aromatic rings. The minimum atomic E-state index is -0.197. The smallest absolute Gasteiger partial charge is 0.123 e. The van der Waals surface area contributed by atoms with Crippen molar-refractivity contribution >= 4 is 0 Å². The molecule has 0 aliphatic carbocycles. The summed E-state index contributed by atoms with van der Waals surface area (Å²) in [7, 11) is 0. The molecule has 0 fully saturated rings. The number of aryl methyl sites for hydroxylation is 2. The van der Waals surface area contributed by atoms with E-state index >= 15 is 0 Å². The van der Waals surface area contributed by atoms with Crippen molar-refractivity contribution in [3.8, 4) is 0 Å². The van der Waals surface area contributed by atoms with Crippen molar-refractivity contribution in [1.29, 1.82) is 0 Å². The van der Waals surface area contributed by atoms with Crippen molar-refractivity contribution in [2.45, 2.75) is 32.2 Å². The SMILES string of the molecule is Cc1ccccc1CCC(Cc1cccc(F)c1)NN. The number of nitrogens with one attached hydrogen (secondary N) is 1. The predicted molar refractivity (Wildman–Crippen MR) is 80.7 cm³/mol. The van der Waals surface area contributed by atoms with Crippen LogP contribution in [0, 0.1) is 12.7 Å². The van der Waals surface area contributed by atoms with Crippen LogP contribution in [0.3, 0.4) is 0 Å². The molecular weight excluding hydrogens is 251 g/mol. The van der Waals surface area contributed by atoms with Crippen LogP contribution in [-0.4, -0.2) is 6.04 Å². The Kier molecular flexibility index (Phi) is 5.27. The van der Waals surface area contributed by atoms with Crippen LogP contribution in [0.2, 0.25) is 0 Å². The lowest BCUT2D eigenvalue weighted by Gasteiger charge is -2.16. The second-order valence-electron chi connectivity index (χ2n) is 5.16. The number of hydrogen-bond donors (Lipinski definition) is 2. The third-order valence-corrected chi connectivity index (χ3v) is 3.63. The minimum absolute atomic E-state index is 0.149. The van der Waals surface area contributed by atoms with Gasteiger partial charge in [-0.15, -0.1) is 0 Å². The van der Waals surface area contributed by atoms with Crippen LogP contribution in [-0.2, 0) is 12.8 Å². The number of hydrogen-bond acceptors (Lipinski definition) is 2. The summed E-state index contributed by atoms with van der Waals surface area (Å²) < 4.78 is 13.2. The Morgan fingerprint density at radius 1 is 1.15 bits per heavy atom. The van der Waals surface area contributed by atoms with Gasteiger partial charge in [-0.1, -0.05) is 36.4 Å². The van der Waals surface area contributed by atoms with Crippen LogP contribution >= 0.6 is 0 Å². The summed E-state index contributed by atoms with van der Waals surface area (Å²) in [5, 5.41) is 0. The first-order valence-electron chi connectivity index (χ1n) is 6.94. The van der Waals surface area contributed by atoms with Gasteiger partial charge in [-0.2, -0.15) is 0 Å². The zero-order valence-corrected chi connectivity index (χ0v) is 11.8. The van der Waals surface area contributed by atoms with E-state index in [2.05, 4.69) is 30.5 Å². The Morgan fingerprint density at radius 3 is 2.65 bits per heavy atom. The molecule has 0 spiro atoms. The Morgan fingerprint density at radius 2 is 1.95 bits per heavy atom. The Balaban J connectivity index is 1.94. The molecule has 0 amide bonds. The number of halogens is 1. The van der Waals surface area contributed by atoms with Gasteiger partial charge in [-0.25, -0.2) is 4.39 Å². The van der Waals surface area contributed by atoms with Crippen LogP contribution < -0.4 is 11.3 Å². The lowest BCUT2D eigenvalue weighted by atomic mass is 9.97. The monoisotopic (exact) mass is 272 g/mol. The standard InChI is InChI=1S/C17H21FN2/c1-13-5-2-3-7-15(13)9-10-17(20-19)12-14-6-4-8-16(18)11-14/h2-8,11,17,20H,9-10,12,19H2,1H3. The number of nitrogens with two attached hydrogens (primary N) is 1. The van der Waals surface area contributed by atoms with E-state index < -0.39 is 0 Å². The second kappa shape index (κ2) is 7.17. The molecule has 20 heavy (non-hydrogen) atoms. The average molecular weight is 272 g/mol. The lowest BCUT2D eigenvalue weighted by molar-refractivity contribution is 0.489. The Labute approximate surface area is 119 Å². The quantitative estimate of drug-likeness (QED) is 0.626. The van der Waals surface area contributed by atoms with Gasteiger partial charge in [0.1, 0.15) is 5.82 Å². The molecule has 0 radical (unpaired) electrons. The molecule has 1 unspecified atom stereocenters. The van der Waals surface area contributed by atoms with Gasteiger partial charge in [-0.05, 0) is 55.0 Å². The highest BCUT2D eigenvalue weighted by Gasteiger charge is 2.09. The Hall–Kier alpha value is -1.71. The van der Waals surface area contributed by atoms with Crippen molar-refractivity contribution in [3.05, 3.63) is 71.0 Å². The molecule has 106 valence electrons. The molecular formula is C17H21FN2. The van der Waals surface area contributed by atoms with Crippen LogP contribution in [0.5, 0.6) is 0 Å². The van der Waals surface area contributed by atoms with E-state index in [1.807, 2.05) is 12.1 Å². The summed E-state index contributed by atoms with van der Waals surface area (Å²) in [5.41, 5.74) is 6.45. The van der Waals surface area contributed by atoms with Gasteiger partial charge in [0.05, 0.1) is 0 Å². The highest BCUT2D eigenvalue weighted by molar-refractivity contribution is 5.25. The maximum absolute atomic E-state index is 13.2. The van der Waals surface area contributed by atoms with E-state index in [1.54, 1.807) is 12.1 Å². The molecule has 1 atom stereocenters. The average Bonchev–Trinajstić information content (AvgIpc) is 2.45. The lowest BCUT2D eigenvalue weighted by Crippen LogP contribution is -2.37. The zero-order chi connectivity index (χ0) is 14.4. The van der Waals surface area contributed by atoms with Crippen LogP contribution in [0.4, 0.5) is 4.39 Å². The number of hydrazine groups is 1. The molecule has 2 rings (SSSR count). The molecule has 3 N–H and O–H groups in total. The fraction of sp³-hybridized carbons (Fsp3) is 0.294. The van der Waals surface area contributed by atoms with Crippen molar-refractivity contribution in [2.75, 3.05) is 0 Å².